The molecule has 2 aliphatic heterocycles. The van der Waals surface area contributed by atoms with Gasteiger partial charge in [-0.15, -0.1) is 0 Å². The quantitative estimate of drug-likeness (QED) is 0.599. The monoisotopic (exact) mass is 434 g/mol. The number of anilines is 1. The molecule has 1 unspecified atom stereocenters. The average Bonchev–Trinajstić information content (AvgIpc) is 3.11. The summed E-state index contributed by atoms with van der Waals surface area (Å²) in [6.45, 7) is 1.54. The molecule has 0 radical (unpaired) electrons. The Kier molecular flexibility index (Phi) is 4.52. The average molecular weight is 434 g/mol. The highest BCUT2D eigenvalue weighted by Gasteiger charge is 2.58. The summed E-state index contributed by atoms with van der Waals surface area (Å²) in [5, 5.41) is 15.4. The molecule has 0 spiro atoms. The number of aromatic nitrogens is 2. The molecule has 1 fully saturated rings. The third-order valence-electron chi connectivity index (χ3n) is 6.45. The van der Waals surface area contributed by atoms with Crippen LogP contribution in [0.4, 0.5) is 5.69 Å². The maximum atomic E-state index is 13.7. The molecular weight excluding hydrogens is 412 g/mol. The predicted molar refractivity (Wildman–Crippen MR) is 116 cm³/mol. The number of piperidine rings is 1. The van der Waals surface area contributed by atoms with Crippen LogP contribution in [0.3, 0.4) is 0 Å². The van der Waals surface area contributed by atoms with Crippen molar-refractivity contribution < 1.29 is 19.4 Å². The molecule has 3 aromatic rings. The van der Waals surface area contributed by atoms with Gasteiger partial charge in [-0.3, -0.25) is 14.2 Å². The minimum absolute atomic E-state index is 0.0508. The second-order valence-electron chi connectivity index (χ2n) is 8.16. The molecule has 0 bridgehead atoms. The van der Waals surface area contributed by atoms with Crippen molar-refractivity contribution in [1.29, 1.82) is 0 Å². The van der Waals surface area contributed by atoms with Crippen LogP contribution in [0.15, 0.2) is 59.7 Å². The summed E-state index contributed by atoms with van der Waals surface area (Å²) in [5.74, 6) is -1.10. The van der Waals surface area contributed by atoms with Crippen molar-refractivity contribution in [3.8, 4) is 0 Å². The first kappa shape index (κ1) is 20.2. The summed E-state index contributed by atoms with van der Waals surface area (Å²) in [6.07, 6.45) is 0.388. The zero-order valence-corrected chi connectivity index (χ0v) is 17.6. The van der Waals surface area contributed by atoms with Crippen molar-refractivity contribution >= 4 is 28.5 Å². The van der Waals surface area contributed by atoms with Crippen molar-refractivity contribution in [3.63, 3.8) is 0 Å². The van der Waals surface area contributed by atoms with Crippen molar-refractivity contribution in [2.45, 2.75) is 37.2 Å². The minimum atomic E-state index is -1.53. The van der Waals surface area contributed by atoms with E-state index >= 15 is 0 Å². The van der Waals surface area contributed by atoms with E-state index in [0.29, 0.717) is 22.2 Å². The van der Waals surface area contributed by atoms with E-state index < -0.39 is 35.7 Å². The molecule has 3 heterocycles. The molecule has 2 aromatic carbocycles. The van der Waals surface area contributed by atoms with Gasteiger partial charge in [-0.25, -0.2) is 9.78 Å². The number of hydrogen-bond donors (Lipinski definition) is 2. The first-order chi connectivity index (χ1) is 15.4. The molecule has 1 saturated heterocycles. The fourth-order valence-corrected chi connectivity index (χ4v) is 4.82. The lowest BCUT2D eigenvalue weighted by Crippen LogP contribution is -2.65. The molecule has 2 aliphatic rings. The number of para-hydroxylation sites is 2. The third-order valence-corrected chi connectivity index (χ3v) is 6.45. The number of nitrogens with one attached hydrogen (secondary N) is 1. The Morgan fingerprint density at radius 2 is 1.94 bits per heavy atom. The second kappa shape index (κ2) is 7.16. The lowest BCUT2D eigenvalue weighted by molar-refractivity contribution is -0.170. The van der Waals surface area contributed by atoms with Crippen LogP contribution in [-0.4, -0.2) is 50.8 Å². The standard InChI is InChI=1S/C23H22N4O5/c1-13(21(30)32-2)27-20(29)18(26-12-24-16-9-5-3-7-14(16)19(26)28)11-23(31)15-8-4-6-10-17(15)25-22(23)27/h3-10,12-13,18,22,25,31H,11H2,1-2H3/t13?,18-,22-,23+/m1/s1. The fourth-order valence-electron chi connectivity index (χ4n) is 4.82. The van der Waals surface area contributed by atoms with Crippen LogP contribution in [0.2, 0.25) is 0 Å². The highest BCUT2D eigenvalue weighted by atomic mass is 16.5. The van der Waals surface area contributed by atoms with E-state index in [-0.39, 0.29) is 12.0 Å². The number of esters is 1. The molecule has 9 heteroatoms. The van der Waals surface area contributed by atoms with E-state index in [4.69, 9.17) is 4.74 Å². The van der Waals surface area contributed by atoms with Gasteiger partial charge in [0.25, 0.3) is 5.56 Å². The van der Waals surface area contributed by atoms with E-state index in [0.717, 1.165) is 0 Å². The number of rotatable bonds is 3. The van der Waals surface area contributed by atoms with Gasteiger partial charge in [0.05, 0.1) is 24.3 Å². The maximum absolute atomic E-state index is 13.7. The Labute approximate surface area is 183 Å². The fraction of sp³-hybridized carbons (Fsp3) is 0.304. The number of ether oxygens (including phenoxy) is 1. The molecule has 0 aliphatic carbocycles. The van der Waals surface area contributed by atoms with Gasteiger partial charge in [0, 0.05) is 17.7 Å². The summed E-state index contributed by atoms with van der Waals surface area (Å²) < 4.78 is 6.12. The van der Waals surface area contributed by atoms with Crippen molar-refractivity contribution in [3.05, 3.63) is 70.8 Å². The lowest BCUT2D eigenvalue weighted by atomic mass is 9.81. The van der Waals surface area contributed by atoms with Gasteiger partial charge in [-0.05, 0) is 25.1 Å². The van der Waals surface area contributed by atoms with Crippen LogP contribution in [0.5, 0.6) is 0 Å². The molecule has 0 saturated carbocycles. The van der Waals surface area contributed by atoms with Crippen LogP contribution in [0.1, 0.15) is 24.9 Å². The van der Waals surface area contributed by atoms with Gasteiger partial charge in [-0.1, -0.05) is 30.3 Å². The highest BCUT2D eigenvalue weighted by molar-refractivity contribution is 5.89. The van der Waals surface area contributed by atoms with Crippen LogP contribution < -0.4 is 10.9 Å². The zero-order chi connectivity index (χ0) is 22.6. The Balaban J connectivity index is 1.68. The van der Waals surface area contributed by atoms with Gasteiger partial charge < -0.3 is 20.1 Å². The van der Waals surface area contributed by atoms with Crippen LogP contribution in [-0.2, 0) is 19.9 Å². The van der Waals surface area contributed by atoms with Crippen molar-refractivity contribution in [1.82, 2.24) is 14.5 Å². The number of fused-ring (bicyclic) bond motifs is 4. The first-order valence-corrected chi connectivity index (χ1v) is 10.3. The number of aliphatic hydroxyl groups is 1. The van der Waals surface area contributed by atoms with Crippen LogP contribution in [0.25, 0.3) is 10.9 Å². The normalized spacial score (nSPS) is 25.1. The lowest BCUT2D eigenvalue weighted by Gasteiger charge is -2.47. The summed E-state index contributed by atoms with van der Waals surface area (Å²) >= 11 is 0. The number of amides is 1. The van der Waals surface area contributed by atoms with Gasteiger partial charge in [0.1, 0.15) is 23.9 Å². The van der Waals surface area contributed by atoms with Gasteiger partial charge in [0.15, 0.2) is 0 Å². The highest BCUT2D eigenvalue weighted by Crippen LogP contribution is 2.49. The van der Waals surface area contributed by atoms with Crippen molar-refractivity contribution in [2.24, 2.45) is 0 Å². The van der Waals surface area contributed by atoms with E-state index in [1.807, 2.05) is 6.07 Å². The smallest absolute Gasteiger partial charge is 0.328 e. The summed E-state index contributed by atoms with van der Waals surface area (Å²) in [4.78, 5) is 44.9. The molecule has 32 heavy (non-hydrogen) atoms. The van der Waals surface area contributed by atoms with Crippen LogP contribution >= 0.6 is 0 Å². The van der Waals surface area contributed by atoms with E-state index in [2.05, 4.69) is 10.3 Å². The zero-order valence-electron chi connectivity index (χ0n) is 17.6. The summed E-state index contributed by atoms with van der Waals surface area (Å²) in [5.41, 5.74) is -0.129. The number of likely N-dealkylation sites (tertiary alicyclic amines) is 1. The Bertz CT molecular complexity index is 1300. The number of nitrogens with zero attached hydrogens (tertiary/aromatic N) is 3. The van der Waals surface area contributed by atoms with Gasteiger partial charge >= 0.3 is 5.97 Å². The molecule has 1 amide bonds. The third kappa shape index (κ3) is 2.74. The number of methoxy groups -OCH3 is 1. The molecule has 9 nitrogen and oxygen atoms in total. The Hall–Kier alpha value is -3.72. The first-order valence-electron chi connectivity index (χ1n) is 10.3. The second-order valence-corrected chi connectivity index (χ2v) is 8.16. The predicted octanol–water partition coefficient (Wildman–Crippen LogP) is 1.37. The SMILES string of the molecule is COC(=O)C(C)N1C(=O)[C@H](n2cnc3ccccc3c2=O)C[C@]2(O)c3ccccc3N[C@H]12. The van der Waals surface area contributed by atoms with Gasteiger partial charge in [0.2, 0.25) is 5.91 Å². The van der Waals surface area contributed by atoms with Crippen molar-refractivity contribution in [2.75, 3.05) is 12.4 Å². The molecule has 2 N–H and O–H groups in total. The molecule has 5 rings (SSSR count). The van der Waals surface area contributed by atoms with Gasteiger partial charge in [-0.2, -0.15) is 0 Å². The Morgan fingerprint density at radius 1 is 1.22 bits per heavy atom. The Morgan fingerprint density at radius 3 is 2.72 bits per heavy atom. The molecular formula is C23H22N4O5. The topological polar surface area (TPSA) is 114 Å². The minimum Gasteiger partial charge on any atom is -0.467 e. The number of hydrogen-bond acceptors (Lipinski definition) is 7. The largest absolute Gasteiger partial charge is 0.467 e. The summed E-state index contributed by atoms with van der Waals surface area (Å²) in [7, 11) is 1.24. The van der Waals surface area contributed by atoms with E-state index in [1.165, 1.54) is 22.9 Å². The van der Waals surface area contributed by atoms with E-state index in [9.17, 15) is 19.5 Å². The molecule has 164 valence electrons. The summed E-state index contributed by atoms with van der Waals surface area (Å²) in [6, 6.07) is 12.0. The number of benzene rings is 2. The van der Waals surface area contributed by atoms with E-state index in [1.54, 1.807) is 49.4 Å². The molecule has 1 aromatic heterocycles. The number of carbonyl (C=O) groups excluding carboxylic acids is 2. The van der Waals surface area contributed by atoms with Crippen LogP contribution in [0, 0.1) is 0 Å². The number of carbonyl (C=O) groups is 2. The molecule has 4 atom stereocenters. The maximum Gasteiger partial charge on any atom is 0.328 e.